The lowest BCUT2D eigenvalue weighted by Crippen LogP contribution is -2.30. The molecule has 3 aromatic rings. The highest BCUT2D eigenvalue weighted by atomic mass is 35.5. The first-order valence-corrected chi connectivity index (χ1v) is 8.79. The molecule has 0 aliphatic rings. The topological polar surface area (TPSA) is 75.6 Å². The zero-order chi connectivity index (χ0) is 19.6. The summed E-state index contributed by atoms with van der Waals surface area (Å²) >= 11 is 11.8. The van der Waals surface area contributed by atoms with E-state index in [4.69, 9.17) is 27.9 Å². The van der Waals surface area contributed by atoms with Gasteiger partial charge in [-0.25, -0.2) is 4.79 Å². The second-order valence-electron chi connectivity index (χ2n) is 5.88. The van der Waals surface area contributed by atoms with E-state index in [9.17, 15) is 14.7 Å². The van der Waals surface area contributed by atoms with Gasteiger partial charge in [0, 0.05) is 21.1 Å². The van der Waals surface area contributed by atoms with Crippen molar-refractivity contribution in [3.05, 3.63) is 70.2 Å². The lowest BCUT2D eigenvalue weighted by Gasteiger charge is -2.15. The number of ether oxygens (including phenoxy) is 1. The Hall–Kier alpha value is -2.76. The van der Waals surface area contributed by atoms with Gasteiger partial charge in [0.1, 0.15) is 11.3 Å². The van der Waals surface area contributed by atoms with Gasteiger partial charge >= 0.3 is 5.97 Å². The summed E-state index contributed by atoms with van der Waals surface area (Å²) in [6.45, 7) is 1.43. The fraction of sp³-hybridized carbons (Fsp3) is 0.100. The second kappa shape index (κ2) is 7.86. The Kier molecular flexibility index (Phi) is 5.54. The van der Waals surface area contributed by atoms with Crippen LogP contribution in [0.3, 0.4) is 0 Å². The van der Waals surface area contributed by atoms with E-state index in [0.717, 1.165) is 5.39 Å². The number of nitrogens with one attached hydrogen (secondary N) is 1. The molecule has 5 nitrogen and oxygen atoms in total. The van der Waals surface area contributed by atoms with Gasteiger partial charge in [-0.15, -0.1) is 0 Å². The Bertz CT molecular complexity index is 1020. The Morgan fingerprint density at radius 3 is 2.41 bits per heavy atom. The molecule has 0 spiro atoms. The van der Waals surface area contributed by atoms with Crippen LogP contribution < -0.4 is 5.32 Å². The third-order valence-corrected chi connectivity index (χ3v) is 4.34. The molecule has 0 fully saturated rings. The molecule has 0 radical (unpaired) electrons. The molecule has 0 bridgehead atoms. The molecule has 3 aromatic carbocycles. The quantitative estimate of drug-likeness (QED) is 0.598. The Balaban J connectivity index is 1.73. The van der Waals surface area contributed by atoms with Crippen molar-refractivity contribution in [2.45, 2.75) is 13.0 Å². The van der Waals surface area contributed by atoms with Crippen LogP contribution in [0.4, 0.5) is 5.69 Å². The zero-order valence-corrected chi connectivity index (χ0v) is 15.7. The van der Waals surface area contributed by atoms with Gasteiger partial charge in [-0.05, 0) is 36.6 Å². The minimum atomic E-state index is -1.10. The molecule has 0 aliphatic heterocycles. The minimum Gasteiger partial charge on any atom is -0.506 e. The summed E-state index contributed by atoms with van der Waals surface area (Å²) in [7, 11) is 0. The highest BCUT2D eigenvalue weighted by Crippen LogP contribution is 2.29. The number of carbonyl (C=O) groups excluding carboxylic acids is 2. The summed E-state index contributed by atoms with van der Waals surface area (Å²) in [5.74, 6) is -1.54. The van der Waals surface area contributed by atoms with E-state index >= 15 is 0 Å². The Labute approximate surface area is 165 Å². The molecule has 0 aromatic heterocycles. The molecule has 0 saturated carbocycles. The van der Waals surface area contributed by atoms with Crippen molar-refractivity contribution < 1.29 is 19.4 Å². The summed E-state index contributed by atoms with van der Waals surface area (Å²) in [5.41, 5.74) is 0.369. The van der Waals surface area contributed by atoms with E-state index in [0.29, 0.717) is 21.1 Å². The van der Waals surface area contributed by atoms with Crippen molar-refractivity contribution in [3.63, 3.8) is 0 Å². The van der Waals surface area contributed by atoms with Crippen LogP contribution in [-0.2, 0) is 9.53 Å². The molecule has 2 N–H and O–H groups in total. The van der Waals surface area contributed by atoms with Crippen LogP contribution in [0.15, 0.2) is 54.6 Å². The number of hydrogen-bond acceptors (Lipinski definition) is 4. The Morgan fingerprint density at radius 2 is 1.70 bits per heavy atom. The number of aromatic hydroxyl groups is 1. The van der Waals surface area contributed by atoms with Crippen LogP contribution in [-0.4, -0.2) is 23.1 Å². The van der Waals surface area contributed by atoms with E-state index < -0.39 is 18.0 Å². The third kappa shape index (κ3) is 4.32. The molecular weight excluding hydrogens is 389 g/mol. The number of amides is 1. The summed E-state index contributed by atoms with van der Waals surface area (Å²) in [4.78, 5) is 24.6. The number of esters is 1. The normalized spacial score (nSPS) is 11.8. The predicted molar refractivity (Wildman–Crippen MR) is 106 cm³/mol. The first-order chi connectivity index (χ1) is 12.8. The molecule has 7 heteroatoms. The zero-order valence-electron chi connectivity index (χ0n) is 14.2. The number of fused-ring (bicyclic) bond motifs is 1. The summed E-state index contributed by atoms with van der Waals surface area (Å²) in [6, 6.07) is 14.8. The van der Waals surface area contributed by atoms with Gasteiger partial charge in [0.15, 0.2) is 6.10 Å². The van der Waals surface area contributed by atoms with Crippen LogP contribution in [0.2, 0.25) is 10.0 Å². The lowest BCUT2D eigenvalue weighted by atomic mass is 10.1. The van der Waals surface area contributed by atoms with Crippen molar-refractivity contribution in [1.29, 1.82) is 0 Å². The van der Waals surface area contributed by atoms with E-state index in [2.05, 4.69) is 5.32 Å². The fourth-order valence-electron chi connectivity index (χ4n) is 2.57. The van der Waals surface area contributed by atoms with Crippen LogP contribution in [0.25, 0.3) is 10.8 Å². The smallest absolute Gasteiger partial charge is 0.342 e. The van der Waals surface area contributed by atoms with Gasteiger partial charge in [-0.3, -0.25) is 4.79 Å². The molecule has 1 amide bonds. The maximum atomic E-state index is 12.4. The molecule has 3 rings (SSSR count). The number of benzene rings is 3. The number of hydrogen-bond donors (Lipinski definition) is 2. The first-order valence-electron chi connectivity index (χ1n) is 8.04. The molecule has 0 aliphatic carbocycles. The van der Waals surface area contributed by atoms with E-state index in [1.807, 2.05) is 12.1 Å². The van der Waals surface area contributed by atoms with Crippen LogP contribution in [0.5, 0.6) is 5.75 Å². The van der Waals surface area contributed by atoms with Gasteiger partial charge in [0.25, 0.3) is 5.91 Å². The summed E-state index contributed by atoms with van der Waals surface area (Å²) in [5, 5.41) is 15.0. The predicted octanol–water partition coefficient (Wildman–Crippen LogP) is 5.04. The average Bonchev–Trinajstić information content (AvgIpc) is 2.61. The van der Waals surface area contributed by atoms with Gasteiger partial charge < -0.3 is 15.2 Å². The summed E-state index contributed by atoms with van der Waals surface area (Å²) in [6.07, 6.45) is -1.10. The van der Waals surface area contributed by atoms with Gasteiger partial charge in [-0.1, -0.05) is 53.5 Å². The molecular formula is C20H15Cl2NO4. The van der Waals surface area contributed by atoms with E-state index in [-0.39, 0.29) is 11.3 Å². The third-order valence-electron chi connectivity index (χ3n) is 3.90. The number of halogens is 2. The van der Waals surface area contributed by atoms with Crippen molar-refractivity contribution in [1.82, 2.24) is 0 Å². The van der Waals surface area contributed by atoms with Crippen molar-refractivity contribution >= 4 is 51.5 Å². The molecule has 27 heavy (non-hydrogen) atoms. The minimum absolute atomic E-state index is 0.0147. The van der Waals surface area contributed by atoms with Crippen LogP contribution in [0, 0.1) is 0 Å². The van der Waals surface area contributed by atoms with Crippen molar-refractivity contribution in [2.75, 3.05) is 5.32 Å². The first kappa shape index (κ1) is 19.0. The average molecular weight is 404 g/mol. The van der Waals surface area contributed by atoms with Gasteiger partial charge in [0.2, 0.25) is 0 Å². The number of phenols is 1. The standard InChI is InChI=1S/C20H15Cl2NO4/c1-11(19(25)23-15-9-13(21)8-14(22)10-15)27-20(26)17-7-6-12-4-2-3-5-16(12)18(17)24/h2-11,24H,1H3,(H,23,25)/t11-/m0/s1. The van der Waals surface area contributed by atoms with Gasteiger partial charge in [-0.2, -0.15) is 0 Å². The largest absolute Gasteiger partial charge is 0.506 e. The van der Waals surface area contributed by atoms with Crippen molar-refractivity contribution in [3.8, 4) is 5.75 Å². The van der Waals surface area contributed by atoms with Crippen LogP contribution in [0.1, 0.15) is 17.3 Å². The molecule has 0 saturated heterocycles. The highest BCUT2D eigenvalue weighted by molar-refractivity contribution is 6.35. The molecule has 0 heterocycles. The molecule has 0 unspecified atom stereocenters. The molecule has 1 atom stereocenters. The maximum Gasteiger partial charge on any atom is 0.342 e. The number of rotatable bonds is 4. The van der Waals surface area contributed by atoms with Crippen LogP contribution >= 0.6 is 23.2 Å². The monoisotopic (exact) mass is 403 g/mol. The van der Waals surface area contributed by atoms with Crippen molar-refractivity contribution in [2.24, 2.45) is 0 Å². The SMILES string of the molecule is C[C@H](OC(=O)c1ccc2ccccc2c1O)C(=O)Nc1cc(Cl)cc(Cl)c1. The molecule has 138 valence electrons. The summed E-state index contributed by atoms with van der Waals surface area (Å²) < 4.78 is 5.18. The number of anilines is 1. The van der Waals surface area contributed by atoms with E-state index in [1.54, 1.807) is 18.2 Å². The fourth-order valence-corrected chi connectivity index (χ4v) is 3.09. The van der Waals surface area contributed by atoms with Gasteiger partial charge in [0.05, 0.1) is 0 Å². The highest BCUT2D eigenvalue weighted by Gasteiger charge is 2.22. The number of phenolic OH excluding ortho intramolecular Hbond substituents is 1. The maximum absolute atomic E-state index is 12.4. The number of carbonyl (C=O) groups is 2. The Morgan fingerprint density at radius 1 is 1.04 bits per heavy atom. The van der Waals surface area contributed by atoms with E-state index in [1.165, 1.54) is 31.2 Å². The second-order valence-corrected chi connectivity index (χ2v) is 6.75. The lowest BCUT2D eigenvalue weighted by molar-refractivity contribution is -0.123.